The number of anilines is 3. The molecule has 0 fully saturated rings. The molecular formula is C52H36N2. The van der Waals surface area contributed by atoms with Crippen molar-refractivity contribution in [2.24, 2.45) is 0 Å². The van der Waals surface area contributed by atoms with Gasteiger partial charge in [-0.3, -0.25) is 0 Å². The van der Waals surface area contributed by atoms with Gasteiger partial charge in [0.15, 0.2) is 0 Å². The van der Waals surface area contributed by atoms with Crippen LogP contribution < -0.4 is 4.90 Å². The van der Waals surface area contributed by atoms with Crippen LogP contribution in [0.4, 0.5) is 17.1 Å². The highest BCUT2D eigenvalue weighted by Gasteiger charge is 2.18. The predicted octanol–water partition coefficient (Wildman–Crippen LogP) is 14.4. The fourth-order valence-corrected chi connectivity index (χ4v) is 8.01. The van der Waals surface area contributed by atoms with E-state index in [0.717, 1.165) is 22.7 Å². The van der Waals surface area contributed by atoms with Crippen LogP contribution in [0.15, 0.2) is 218 Å². The molecule has 0 aliphatic rings. The van der Waals surface area contributed by atoms with Gasteiger partial charge in [0.2, 0.25) is 0 Å². The van der Waals surface area contributed by atoms with Crippen LogP contribution in [0.3, 0.4) is 0 Å². The Hall–Kier alpha value is -7.16. The van der Waals surface area contributed by atoms with Gasteiger partial charge in [0.1, 0.15) is 0 Å². The van der Waals surface area contributed by atoms with Gasteiger partial charge in [-0.1, -0.05) is 164 Å². The molecule has 0 N–H and O–H groups in total. The van der Waals surface area contributed by atoms with E-state index in [1.54, 1.807) is 0 Å². The molecule has 0 aliphatic heterocycles. The van der Waals surface area contributed by atoms with Crippen molar-refractivity contribution in [2.45, 2.75) is 0 Å². The molecule has 9 aromatic carbocycles. The Kier molecular flexibility index (Phi) is 7.85. The van der Waals surface area contributed by atoms with Crippen LogP contribution in [0, 0.1) is 0 Å². The Morgan fingerprint density at radius 1 is 0.278 bits per heavy atom. The largest absolute Gasteiger partial charge is 0.310 e. The lowest BCUT2D eigenvalue weighted by Gasteiger charge is -2.28. The van der Waals surface area contributed by atoms with Crippen LogP contribution in [0.5, 0.6) is 0 Å². The highest BCUT2D eigenvalue weighted by molar-refractivity contribution is 6.09. The molecule has 0 atom stereocenters. The normalized spacial score (nSPS) is 11.3. The summed E-state index contributed by atoms with van der Waals surface area (Å²) < 4.78 is 2.37. The zero-order chi connectivity index (χ0) is 35.8. The van der Waals surface area contributed by atoms with E-state index >= 15 is 0 Å². The van der Waals surface area contributed by atoms with Crippen molar-refractivity contribution in [1.29, 1.82) is 0 Å². The molecule has 2 nitrogen and oxygen atoms in total. The Labute approximate surface area is 315 Å². The van der Waals surface area contributed by atoms with Crippen molar-refractivity contribution in [3.05, 3.63) is 218 Å². The van der Waals surface area contributed by atoms with E-state index in [0.29, 0.717) is 0 Å². The first-order valence-corrected chi connectivity index (χ1v) is 18.5. The van der Waals surface area contributed by atoms with Crippen molar-refractivity contribution >= 4 is 49.6 Å². The molecule has 2 heteroatoms. The molecule has 0 unspecified atom stereocenters. The van der Waals surface area contributed by atoms with Crippen molar-refractivity contribution < 1.29 is 0 Å². The summed E-state index contributed by atoms with van der Waals surface area (Å²) in [4.78, 5) is 2.39. The number of hydrogen-bond donors (Lipinski definition) is 0. The number of benzene rings is 9. The second-order valence-electron chi connectivity index (χ2n) is 13.8. The lowest BCUT2D eigenvalue weighted by molar-refractivity contribution is 1.18. The van der Waals surface area contributed by atoms with E-state index in [-0.39, 0.29) is 0 Å². The molecule has 0 saturated heterocycles. The monoisotopic (exact) mass is 688 g/mol. The predicted molar refractivity (Wildman–Crippen MR) is 229 cm³/mol. The highest BCUT2D eigenvalue weighted by atomic mass is 15.1. The van der Waals surface area contributed by atoms with Gasteiger partial charge in [0.05, 0.1) is 16.7 Å². The van der Waals surface area contributed by atoms with Gasteiger partial charge in [-0.25, -0.2) is 0 Å². The molecule has 1 aromatic heterocycles. The number of fused-ring (bicyclic) bond motifs is 4. The zero-order valence-corrected chi connectivity index (χ0v) is 29.7. The SMILES string of the molecule is c1ccc(-c2ccc(N(c3ccc(-c4ccccc4)cc3)c3ccc(-c4ccc(-n5c6ccccc6c6ccccc65)cc4)c4ccccc34)cc2)cc1. The lowest BCUT2D eigenvalue weighted by Crippen LogP contribution is -2.10. The van der Waals surface area contributed by atoms with E-state index < -0.39 is 0 Å². The average molecular weight is 689 g/mol. The topological polar surface area (TPSA) is 8.17 Å². The molecule has 54 heavy (non-hydrogen) atoms. The Bertz CT molecular complexity index is 2750. The van der Waals surface area contributed by atoms with Crippen LogP contribution >= 0.6 is 0 Å². The molecule has 1 heterocycles. The summed E-state index contributed by atoms with van der Waals surface area (Å²) in [5, 5.41) is 4.95. The Morgan fingerprint density at radius 2 is 0.685 bits per heavy atom. The highest BCUT2D eigenvalue weighted by Crippen LogP contribution is 2.43. The quantitative estimate of drug-likeness (QED) is 0.162. The third-order valence-electron chi connectivity index (χ3n) is 10.6. The first kappa shape index (κ1) is 31.6. The maximum absolute atomic E-state index is 2.39. The molecule has 0 radical (unpaired) electrons. The summed E-state index contributed by atoms with van der Waals surface area (Å²) in [5.74, 6) is 0. The number of aromatic nitrogens is 1. The van der Waals surface area contributed by atoms with Crippen LogP contribution in [0.2, 0.25) is 0 Å². The standard InChI is InChI=1S/C52H36N2/c1-3-13-37(14-4-1)39-23-29-42(30-24-39)53(43-31-25-40(26-32-43)38-15-5-2-6-16-38)52-36-35-45(46-17-7-8-18-47(46)52)41-27-33-44(34-28-41)54-50-21-11-9-19-48(50)49-20-10-12-22-51(49)54/h1-36H. The van der Waals surface area contributed by atoms with Gasteiger partial charge >= 0.3 is 0 Å². The van der Waals surface area contributed by atoms with Gasteiger partial charge < -0.3 is 9.47 Å². The van der Waals surface area contributed by atoms with Gasteiger partial charge in [-0.2, -0.15) is 0 Å². The van der Waals surface area contributed by atoms with Gasteiger partial charge in [-0.05, 0) is 93.4 Å². The van der Waals surface area contributed by atoms with Gasteiger partial charge in [0, 0.05) is 33.2 Å². The first-order chi connectivity index (χ1) is 26.8. The van der Waals surface area contributed by atoms with Crippen LogP contribution in [-0.2, 0) is 0 Å². The summed E-state index contributed by atoms with van der Waals surface area (Å²) in [6, 6.07) is 78.8. The summed E-state index contributed by atoms with van der Waals surface area (Å²) >= 11 is 0. The minimum absolute atomic E-state index is 1.11. The molecule has 0 amide bonds. The summed E-state index contributed by atoms with van der Waals surface area (Å²) in [7, 11) is 0. The van der Waals surface area contributed by atoms with E-state index in [1.165, 1.54) is 66.0 Å². The van der Waals surface area contributed by atoms with Crippen molar-refractivity contribution in [3.63, 3.8) is 0 Å². The van der Waals surface area contributed by atoms with Gasteiger partial charge in [-0.15, -0.1) is 0 Å². The maximum Gasteiger partial charge on any atom is 0.0541 e. The summed E-state index contributed by atoms with van der Waals surface area (Å²) in [5.41, 5.74) is 14.2. The molecule has 0 bridgehead atoms. The molecule has 0 saturated carbocycles. The number of rotatable bonds is 7. The number of nitrogens with zero attached hydrogens (tertiary/aromatic N) is 2. The number of para-hydroxylation sites is 2. The minimum atomic E-state index is 1.11. The minimum Gasteiger partial charge on any atom is -0.310 e. The fourth-order valence-electron chi connectivity index (χ4n) is 8.01. The fraction of sp³-hybridized carbons (Fsp3) is 0. The summed E-state index contributed by atoms with van der Waals surface area (Å²) in [6.45, 7) is 0. The molecule has 0 aliphatic carbocycles. The van der Waals surface area contributed by atoms with Crippen molar-refractivity contribution in [1.82, 2.24) is 4.57 Å². The van der Waals surface area contributed by atoms with E-state index in [4.69, 9.17) is 0 Å². The Balaban J connectivity index is 1.08. The third kappa shape index (κ3) is 5.53. The Morgan fingerprint density at radius 3 is 1.20 bits per heavy atom. The maximum atomic E-state index is 2.39. The van der Waals surface area contributed by atoms with Crippen molar-refractivity contribution in [3.8, 4) is 39.1 Å². The van der Waals surface area contributed by atoms with E-state index in [2.05, 4.69) is 228 Å². The van der Waals surface area contributed by atoms with E-state index in [9.17, 15) is 0 Å². The lowest BCUT2D eigenvalue weighted by atomic mass is 9.96. The van der Waals surface area contributed by atoms with Crippen LogP contribution in [0.25, 0.3) is 71.6 Å². The van der Waals surface area contributed by atoms with E-state index in [1.807, 2.05) is 0 Å². The molecule has 254 valence electrons. The molecular weight excluding hydrogens is 653 g/mol. The molecule has 0 spiro atoms. The first-order valence-electron chi connectivity index (χ1n) is 18.5. The van der Waals surface area contributed by atoms with Crippen molar-refractivity contribution in [2.75, 3.05) is 4.90 Å². The third-order valence-corrected chi connectivity index (χ3v) is 10.6. The zero-order valence-electron chi connectivity index (χ0n) is 29.7. The average Bonchev–Trinajstić information content (AvgIpc) is 3.59. The smallest absolute Gasteiger partial charge is 0.0541 e. The molecule has 10 aromatic rings. The van der Waals surface area contributed by atoms with Crippen LogP contribution in [-0.4, -0.2) is 4.57 Å². The summed E-state index contributed by atoms with van der Waals surface area (Å²) in [6.07, 6.45) is 0. The second kappa shape index (κ2) is 13.4. The molecule has 10 rings (SSSR count). The number of hydrogen-bond acceptors (Lipinski definition) is 1. The van der Waals surface area contributed by atoms with Crippen LogP contribution in [0.1, 0.15) is 0 Å². The van der Waals surface area contributed by atoms with Gasteiger partial charge in [0.25, 0.3) is 0 Å². The second-order valence-corrected chi connectivity index (χ2v) is 13.8.